The summed E-state index contributed by atoms with van der Waals surface area (Å²) in [6.07, 6.45) is 6.51. The van der Waals surface area contributed by atoms with Gasteiger partial charge >= 0.3 is 0 Å². The summed E-state index contributed by atoms with van der Waals surface area (Å²) in [5, 5.41) is 0. The zero-order valence-electron chi connectivity index (χ0n) is 16.3. The van der Waals surface area contributed by atoms with Crippen LogP contribution < -0.4 is 11.5 Å². The highest BCUT2D eigenvalue weighted by Gasteiger charge is 2.44. The van der Waals surface area contributed by atoms with Crippen LogP contribution in [-0.2, 0) is 15.7 Å². The predicted octanol–water partition coefficient (Wildman–Crippen LogP) is 4.66. The van der Waals surface area contributed by atoms with Gasteiger partial charge in [-0.1, -0.05) is 66.1 Å². The van der Waals surface area contributed by atoms with Crippen LogP contribution in [0.2, 0.25) is 0 Å². The molecule has 0 radical (unpaired) electrons. The summed E-state index contributed by atoms with van der Waals surface area (Å²) in [6.45, 7) is 4.16. The van der Waals surface area contributed by atoms with Crippen molar-refractivity contribution in [2.24, 2.45) is 11.5 Å². The summed E-state index contributed by atoms with van der Waals surface area (Å²) in [7, 11) is 0. The second-order valence-electron chi connectivity index (χ2n) is 8.05. The van der Waals surface area contributed by atoms with Gasteiger partial charge in [0.05, 0.1) is 5.41 Å². The van der Waals surface area contributed by atoms with Gasteiger partial charge in [-0.3, -0.25) is 4.79 Å². The summed E-state index contributed by atoms with van der Waals surface area (Å²) < 4.78 is 0. The van der Waals surface area contributed by atoms with E-state index in [9.17, 15) is 4.79 Å². The predicted molar refractivity (Wildman–Crippen MR) is 114 cm³/mol. The molecule has 0 aliphatic heterocycles. The molecular weight excluding hydrogens is 356 g/mol. The molecule has 4 N–H and O–H groups in total. The molecule has 2 saturated carbocycles. The number of carbonyl (C=O) groups is 1. The molecule has 2 aromatic rings. The van der Waals surface area contributed by atoms with E-state index in [0.29, 0.717) is 0 Å². The van der Waals surface area contributed by atoms with E-state index >= 15 is 0 Å². The van der Waals surface area contributed by atoms with Gasteiger partial charge in [-0.2, -0.15) is 0 Å². The van der Waals surface area contributed by atoms with Crippen molar-refractivity contribution in [3.05, 3.63) is 70.8 Å². The molecule has 0 atom stereocenters. The molecule has 0 heterocycles. The van der Waals surface area contributed by atoms with Gasteiger partial charge in [0.15, 0.2) is 0 Å². The van der Waals surface area contributed by atoms with Gasteiger partial charge in [0.1, 0.15) is 0 Å². The van der Waals surface area contributed by atoms with E-state index < -0.39 is 0 Å². The summed E-state index contributed by atoms with van der Waals surface area (Å²) in [6, 6.07) is 16.7. The minimum atomic E-state index is -0.355. The summed E-state index contributed by atoms with van der Waals surface area (Å²) in [5.74, 6) is -0.172. The molecule has 27 heavy (non-hydrogen) atoms. The summed E-state index contributed by atoms with van der Waals surface area (Å²) in [4.78, 5) is 11.4. The first kappa shape index (κ1) is 21.5. The molecule has 2 aliphatic rings. The largest absolute Gasteiger partial charge is 0.369 e. The van der Waals surface area contributed by atoms with E-state index in [2.05, 4.69) is 37.3 Å². The molecule has 0 unspecified atom stereocenters. The number of amides is 1. The van der Waals surface area contributed by atoms with Crippen LogP contribution in [0.25, 0.3) is 0 Å². The minimum absolute atomic E-state index is 0. The molecule has 146 valence electrons. The monoisotopic (exact) mass is 386 g/mol. The molecule has 0 aromatic heterocycles. The van der Waals surface area contributed by atoms with Gasteiger partial charge in [-0.15, -0.1) is 12.4 Å². The topological polar surface area (TPSA) is 69.1 Å². The van der Waals surface area contributed by atoms with E-state index in [1.807, 2.05) is 25.1 Å². The highest BCUT2D eigenvalue weighted by molar-refractivity contribution is 5.87. The highest BCUT2D eigenvalue weighted by atomic mass is 35.5. The number of hydrogen-bond donors (Lipinski definition) is 2. The number of aryl methyl sites for hydroxylation is 2. The van der Waals surface area contributed by atoms with Crippen molar-refractivity contribution in [3.63, 3.8) is 0 Å². The first-order valence-corrected chi connectivity index (χ1v) is 9.59. The molecule has 3 nitrogen and oxygen atoms in total. The first-order valence-electron chi connectivity index (χ1n) is 9.59. The highest BCUT2D eigenvalue weighted by Crippen LogP contribution is 2.43. The molecule has 0 bridgehead atoms. The van der Waals surface area contributed by atoms with Crippen LogP contribution in [0.1, 0.15) is 60.8 Å². The third-order valence-corrected chi connectivity index (χ3v) is 6.09. The Labute approximate surface area is 168 Å². The van der Waals surface area contributed by atoms with E-state index in [4.69, 9.17) is 11.5 Å². The van der Waals surface area contributed by atoms with Crippen molar-refractivity contribution in [1.82, 2.24) is 0 Å². The second kappa shape index (κ2) is 8.45. The standard InChI is InChI=1S/C12H15NO.C11H15N.ClH/c1-9-4-2-5-10(8-9)12(11(13)14)6-3-7-12;1-9-4-2-5-10(8-9)11(12)6-3-7-11;/h2,4-5,8H,3,6-7H2,1H3,(H2,13,14);2,4-5,8H,3,6-7,12H2,1H3;1H. The zero-order valence-corrected chi connectivity index (χ0v) is 17.1. The van der Waals surface area contributed by atoms with Gasteiger partial charge in [0.2, 0.25) is 5.91 Å². The fourth-order valence-electron chi connectivity index (χ4n) is 3.95. The van der Waals surface area contributed by atoms with E-state index in [0.717, 1.165) is 37.7 Å². The Morgan fingerprint density at radius 1 is 0.852 bits per heavy atom. The quantitative estimate of drug-likeness (QED) is 0.805. The summed E-state index contributed by atoms with van der Waals surface area (Å²) >= 11 is 0. The summed E-state index contributed by atoms with van der Waals surface area (Å²) in [5.41, 5.74) is 16.2. The van der Waals surface area contributed by atoms with Crippen molar-refractivity contribution >= 4 is 18.3 Å². The number of primary amides is 1. The molecule has 4 heteroatoms. The van der Waals surface area contributed by atoms with Crippen LogP contribution in [-0.4, -0.2) is 5.91 Å². The Morgan fingerprint density at radius 2 is 1.33 bits per heavy atom. The molecule has 2 aromatic carbocycles. The van der Waals surface area contributed by atoms with Crippen LogP contribution in [0.15, 0.2) is 48.5 Å². The van der Waals surface area contributed by atoms with Crippen molar-refractivity contribution in [1.29, 1.82) is 0 Å². The van der Waals surface area contributed by atoms with E-state index in [-0.39, 0.29) is 29.3 Å². The van der Waals surface area contributed by atoms with Crippen LogP contribution in [0.5, 0.6) is 0 Å². The number of hydrogen-bond acceptors (Lipinski definition) is 2. The number of benzene rings is 2. The van der Waals surface area contributed by atoms with Crippen molar-refractivity contribution in [2.45, 2.75) is 63.3 Å². The Bertz CT molecular complexity index is 794. The zero-order chi connectivity index (χ0) is 18.8. The van der Waals surface area contributed by atoms with Crippen molar-refractivity contribution in [3.8, 4) is 0 Å². The molecule has 2 aliphatic carbocycles. The molecule has 4 rings (SSSR count). The van der Waals surface area contributed by atoms with Crippen LogP contribution in [0.3, 0.4) is 0 Å². The maximum absolute atomic E-state index is 11.4. The van der Waals surface area contributed by atoms with Gasteiger partial charge in [-0.05, 0) is 57.1 Å². The SMILES string of the molecule is Cc1cccc(C2(C(N)=O)CCC2)c1.Cc1cccc(C2(N)CCC2)c1.Cl. The Balaban J connectivity index is 0.000000189. The van der Waals surface area contributed by atoms with E-state index in [1.165, 1.54) is 23.1 Å². The Kier molecular flexibility index (Phi) is 6.72. The fraction of sp³-hybridized carbons (Fsp3) is 0.435. The average Bonchev–Trinajstić information content (AvgIpc) is 2.52. The Morgan fingerprint density at radius 3 is 1.70 bits per heavy atom. The number of rotatable bonds is 3. The lowest BCUT2D eigenvalue weighted by molar-refractivity contribution is -0.126. The van der Waals surface area contributed by atoms with Crippen molar-refractivity contribution in [2.75, 3.05) is 0 Å². The van der Waals surface area contributed by atoms with Crippen molar-refractivity contribution < 1.29 is 4.79 Å². The van der Waals surface area contributed by atoms with Crippen LogP contribution in [0, 0.1) is 13.8 Å². The van der Waals surface area contributed by atoms with Gasteiger partial charge in [0.25, 0.3) is 0 Å². The molecule has 1 amide bonds. The molecule has 0 spiro atoms. The molecular formula is C23H31ClN2O. The number of carbonyl (C=O) groups excluding carboxylic acids is 1. The van der Waals surface area contributed by atoms with Gasteiger partial charge in [-0.25, -0.2) is 0 Å². The maximum atomic E-state index is 11.4. The first-order chi connectivity index (χ1) is 12.4. The lowest BCUT2D eigenvalue weighted by Crippen LogP contribution is -2.46. The minimum Gasteiger partial charge on any atom is -0.369 e. The Hall–Kier alpha value is -1.84. The van der Waals surface area contributed by atoms with E-state index in [1.54, 1.807) is 0 Å². The van der Waals surface area contributed by atoms with Crippen LogP contribution >= 0.6 is 12.4 Å². The van der Waals surface area contributed by atoms with Crippen LogP contribution in [0.4, 0.5) is 0 Å². The lowest BCUT2D eigenvalue weighted by atomic mass is 9.64. The molecule has 0 saturated heterocycles. The fourth-order valence-corrected chi connectivity index (χ4v) is 3.95. The second-order valence-corrected chi connectivity index (χ2v) is 8.05. The normalized spacial score (nSPS) is 18.6. The average molecular weight is 387 g/mol. The smallest absolute Gasteiger partial charge is 0.228 e. The van der Waals surface area contributed by atoms with Gasteiger partial charge < -0.3 is 11.5 Å². The maximum Gasteiger partial charge on any atom is 0.228 e. The third-order valence-electron chi connectivity index (χ3n) is 6.09. The third kappa shape index (κ3) is 4.36. The van der Waals surface area contributed by atoms with Gasteiger partial charge in [0, 0.05) is 5.54 Å². The number of nitrogens with two attached hydrogens (primary N) is 2. The lowest BCUT2D eigenvalue weighted by Gasteiger charge is -2.39. The molecule has 2 fully saturated rings. The number of halogens is 1.